The van der Waals surface area contributed by atoms with Crippen LogP contribution in [-0.4, -0.2) is 25.2 Å². The first-order valence-electron chi connectivity index (χ1n) is 5.00. The van der Waals surface area contributed by atoms with E-state index in [0.29, 0.717) is 5.95 Å². The predicted molar refractivity (Wildman–Crippen MR) is 62.4 cm³/mol. The molecule has 2 aromatic rings. The third-order valence-electron chi connectivity index (χ3n) is 2.30. The van der Waals surface area contributed by atoms with Crippen molar-refractivity contribution in [2.24, 2.45) is 7.05 Å². The molecule has 0 fully saturated rings. The van der Waals surface area contributed by atoms with Gasteiger partial charge in [0.1, 0.15) is 0 Å². The molecule has 1 unspecified atom stereocenters. The van der Waals surface area contributed by atoms with Crippen LogP contribution in [0.15, 0.2) is 0 Å². The molecular weight excluding hydrogens is 224 g/mol. The van der Waals surface area contributed by atoms with E-state index in [1.165, 1.54) is 4.88 Å². The van der Waals surface area contributed by atoms with Crippen molar-refractivity contribution in [2.45, 2.75) is 26.8 Å². The maximum atomic E-state index is 4.40. The second kappa shape index (κ2) is 4.17. The van der Waals surface area contributed by atoms with Gasteiger partial charge in [-0.15, -0.1) is 11.3 Å². The first kappa shape index (κ1) is 11.0. The number of hydrogen-bond acceptors (Lipinski definition) is 6. The lowest BCUT2D eigenvalue weighted by Crippen LogP contribution is -2.10. The molecule has 7 heteroatoms. The molecule has 0 bridgehead atoms. The summed E-state index contributed by atoms with van der Waals surface area (Å²) >= 11 is 1.70. The summed E-state index contributed by atoms with van der Waals surface area (Å²) in [7, 11) is 1.81. The number of nitrogens with one attached hydrogen (secondary N) is 1. The van der Waals surface area contributed by atoms with Crippen molar-refractivity contribution in [1.29, 1.82) is 0 Å². The average molecular weight is 238 g/mol. The van der Waals surface area contributed by atoms with Crippen molar-refractivity contribution in [2.75, 3.05) is 5.32 Å². The van der Waals surface area contributed by atoms with Crippen LogP contribution in [0.5, 0.6) is 0 Å². The molecule has 2 rings (SSSR count). The van der Waals surface area contributed by atoms with Gasteiger partial charge in [-0.05, 0) is 31.2 Å². The Morgan fingerprint density at radius 1 is 1.38 bits per heavy atom. The zero-order chi connectivity index (χ0) is 11.7. The van der Waals surface area contributed by atoms with E-state index < -0.39 is 0 Å². The third kappa shape index (κ3) is 2.04. The number of aryl methyl sites for hydroxylation is 3. The Hall–Kier alpha value is -1.50. The van der Waals surface area contributed by atoms with Crippen molar-refractivity contribution in [1.82, 2.24) is 25.2 Å². The summed E-state index contributed by atoms with van der Waals surface area (Å²) in [5, 5.41) is 15.6. The van der Waals surface area contributed by atoms with Gasteiger partial charge in [-0.1, -0.05) is 5.10 Å². The molecule has 86 valence electrons. The second-order valence-corrected chi connectivity index (χ2v) is 4.91. The van der Waals surface area contributed by atoms with Crippen LogP contribution in [-0.2, 0) is 7.05 Å². The van der Waals surface area contributed by atoms with E-state index in [1.54, 1.807) is 23.1 Å². The third-order valence-corrected chi connectivity index (χ3v) is 3.55. The Morgan fingerprint density at radius 3 is 2.62 bits per heavy atom. The number of tetrazole rings is 1. The summed E-state index contributed by atoms with van der Waals surface area (Å²) in [6.07, 6.45) is 0. The molecular formula is C9H14N6S. The van der Waals surface area contributed by atoms with Gasteiger partial charge in [0.15, 0.2) is 0 Å². The summed E-state index contributed by atoms with van der Waals surface area (Å²) in [6, 6.07) is 0.163. The Kier molecular flexibility index (Phi) is 2.86. The lowest BCUT2D eigenvalue weighted by atomic mass is 10.2. The van der Waals surface area contributed by atoms with E-state index in [9.17, 15) is 0 Å². The minimum Gasteiger partial charge on any atom is -0.346 e. The Balaban J connectivity index is 2.17. The molecule has 2 heterocycles. The summed E-state index contributed by atoms with van der Waals surface area (Å²) in [4.78, 5) is 5.63. The molecule has 0 saturated carbocycles. The van der Waals surface area contributed by atoms with E-state index in [2.05, 4.69) is 32.7 Å². The lowest BCUT2D eigenvalue weighted by molar-refractivity contribution is 0.706. The zero-order valence-electron chi connectivity index (χ0n) is 9.72. The molecule has 1 atom stereocenters. The van der Waals surface area contributed by atoms with E-state index in [1.807, 2.05) is 13.8 Å². The summed E-state index contributed by atoms with van der Waals surface area (Å²) in [5.41, 5.74) is 1.07. The van der Waals surface area contributed by atoms with E-state index in [4.69, 9.17) is 0 Å². The van der Waals surface area contributed by atoms with Crippen LogP contribution >= 0.6 is 11.3 Å². The largest absolute Gasteiger partial charge is 0.346 e. The number of rotatable bonds is 3. The fourth-order valence-corrected chi connectivity index (χ4v) is 2.49. The summed E-state index contributed by atoms with van der Waals surface area (Å²) < 4.78 is 1.61. The molecule has 2 aromatic heterocycles. The van der Waals surface area contributed by atoms with Crippen LogP contribution in [0, 0.1) is 13.8 Å². The summed E-state index contributed by atoms with van der Waals surface area (Å²) in [5.74, 6) is 0.665. The molecule has 0 spiro atoms. The van der Waals surface area contributed by atoms with Crippen molar-refractivity contribution < 1.29 is 0 Å². The number of thiazole rings is 1. The Morgan fingerprint density at radius 2 is 2.12 bits per heavy atom. The normalized spacial score (nSPS) is 12.8. The minimum absolute atomic E-state index is 0.163. The van der Waals surface area contributed by atoms with Crippen LogP contribution in [0.4, 0.5) is 5.95 Å². The highest BCUT2D eigenvalue weighted by Gasteiger charge is 2.14. The van der Waals surface area contributed by atoms with Crippen LogP contribution < -0.4 is 5.32 Å². The standard InChI is InChI=1S/C9H14N6S/c1-5-8(16-7(3)10-5)6(2)11-9-12-13-14-15(9)4/h6H,1-4H3,(H,11,12,14). The van der Waals surface area contributed by atoms with E-state index in [0.717, 1.165) is 10.7 Å². The maximum absolute atomic E-state index is 4.40. The van der Waals surface area contributed by atoms with Crippen molar-refractivity contribution in [3.05, 3.63) is 15.6 Å². The minimum atomic E-state index is 0.163. The Bertz CT molecular complexity index is 488. The van der Waals surface area contributed by atoms with Gasteiger partial charge in [-0.25, -0.2) is 9.67 Å². The molecule has 0 aliphatic heterocycles. The fraction of sp³-hybridized carbons (Fsp3) is 0.556. The van der Waals surface area contributed by atoms with Crippen molar-refractivity contribution >= 4 is 17.3 Å². The number of nitrogens with zero attached hydrogens (tertiary/aromatic N) is 5. The number of aromatic nitrogens is 5. The van der Waals surface area contributed by atoms with Crippen LogP contribution in [0.2, 0.25) is 0 Å². The molecule has 0 aliphatic carbocycles. The van der Waals surface area contributed by atoms with E-state index >= 15 is 0 Å². The first-order valence-corrected chi connectivity index (χ1v) is 5.82. The van der Waals surface area contributed by atoms with Crippen LogP contribution in [0.3, 0.4) is 0 Å². The monoisotopic (exact) mass is 238 g/mol. The van der Waals surface area contributed by atoms with Gasteiger partial charge in [0, 0.05) is 11.9 Å². The molecule has 0 saturated heterocycles. The zero-order valence-corrected chi connectivity index (χ0v) is 10.5. The van der Waals surface area contributed by atoms with Crippen molar-refractivity contribution in [3.8, 4) is 0 Å². The van der Waals surface area contributed by atoms with Gasteiger partial charge >= 0.3 is 0 Å². The molecule has 6 nitrogen and oxygen atoms in total. The maximum Gasteiger partial charge on any atom is 0.243 e. The number of hydrogen-bond donors (Lipinski definition) is 1. The smallest absolute Gasteiger partial charge is 0.243 e. The lowest BCUT2D eigenvalue weighted by Gasteiger charge is -2.11. The molecule has 0 aromatic carbocycles. The predicted octanol–water partition coefficient (Wildman–Crippen LogP) is 1.46. The molecule has 1 N–H and O–H groups in total. The van der Waals surface area contributed by atoms with Gasteiger partial charge in [0.25, 0.3) is 0 Å². The first-order chi connectivity index (χ1) is 7.58. The van der Waals surface area contributed by atoms with Gasteiger partial charge < -0.3 is 5.32 Å². The van der Waals surface area contributed by atoms with E-state index in [-0.39, 0.29) is 6.04 Å². The highest BCUT2D eigenvalue weighted by Crippen LogP contribution is 2.26. The average Bonchev–Trinajstić information content (AvgIpc) is 2.74. The number of anilines is 1. The van der Waals surface area contributed by atoms with Crippen molar-refractivity contribution in [3.63, 3.8) is 0 Å². The highest BCUT2D eigenvalue weighted by molar-refractivity contribution is 7.11. The Labute approximate surface area is 97.7 Å². The quantitative estimate of drug-likeness (QED) is 0.876. The van der Waals surface area contributed by atoms with Gasteiger partial charge in [-0.2, -0.15) is 0 Å². The van der Waals surface area contributed by atoms with Gasteiger partial charge in [0.05, 0.1) is 16.7 Å². The second-order valence-electron chi connectivity index (χ2n) is 3.67. The molecule has 16 heavy (non-hydrogen) atoms. The van der Waals surface area contributed by atoms with Gasteiger partial charge in [-0.3, -0.25) is 0 Å². The molecule has 0 aliphatic rings. The topological polar surface area (TPSA) is 68.5 Å². The fourth-order valence-electron chi connectivity index (χ4n) is 1.56. The summed E-state index contributed by atoms with van der Waals surface area (Å²) in [6.45, 7) is 6.11. The molecule has 0 radical (unpaired) electrons. The van der Waals surface area contributed by atoms with Crippen LogP contribution in [0.25, 0.3) is 0 Å². The highest BCUT2D eigenvalue weighted by atomic mass is 32.1. The van der Waals surface area contributed by atoms with Crippen LogP contribution in [0.1, 0.15) is 28.5 Å². The van der Waals surface area contributed by atoms with Gasteiger partial charge in [0.2, 0.25) is 5.95 Å². The molecule has 0 amide bonds. The SMILES string of the molecule is Cc1nc(C)c(C(C)Nc2nnnn2C)s1.